The smallest absolute Gasteiger partial charge is 0.305 e. The van der Waals surface area contributed by atoms with E-state index in [0.29, 0.717) is 19.6 Å². The Morgan fingerprint density at radius 2 is 1.45 bits per heavy atom. The van der Waals surface area contributed by atoms with Crippen molar-refractivity contribution < 1.29 is 14.3 Å². The minimum absolute atomic E-state index is 0.122. The molecule has 0 atom stereocenters. The molecule has 0 unspecified atom stereocenters. The number of hydrogen-bond acceptors (Lipinski definition) is 3. The summed E-state index contributed by atoms with van der Waals surface area (Å²) >= 11 is 0. The van der Waals surface area contributed by atoms with E-state index in [0.717, 1.165) is 44.3 Å². The first-order valence-electron chi connectivity index (χ1n) is 11.1. The quantitative estimate of drug-likeness (QED) is 0.158. The Balaban J connectivity index is 1.84. The van der Waals surface area contributed by atoms with Gasteiger partial charge in [-0.15, -0.1) is 0 Å². The largest absolute Gasteiger partial charge is 0.490 e. The summed E-state index contributed by atoms with van der Waals surface area (Å²) in [5, 5.41) is 0. The van der Waals surface area contributed by atoms with E-state index in [1.165, 1.54) is 19.3 Å². The Bertz CT molecular complexity index is 587. The van der Waals surface area contributed by atoms with E-state index in [2.05, 4.69) is 43.4 Å². The lowest BCUT2D eigenvalue weighted by Gasteiger charge is -2.07. The monoisotopic (exact) mass is 398 g/mol. The van der Waals surface area contributed by atoms with Crippen LogP contribution < -0.4 is 4.74 Å². The van der Waals surface area contributed by atoms with Gasteiger partial charge in [0.2, 0.25) is 0 Å². The van der Waals surface area contributed by atoms with Crippen LogP contribution >= 0.6 is 0 Å². The standard InChI is InChI=1S/C26H38O3/c1-2-3-4-5-6-7-8-9-10-11-12-13-14-15-19-22-26(27)29-24-23-28-25-20-17-16-18-21-25/h3-4,6-7,9-10,16-18,20-21H,2,5,8,11-15,19,22-24H2,1H3/b4-3-,7-6-,10-9-. The average molecular weight is 399 g/mol. The lowest BCUT2D eigenvalue weighted by molar-refractivity contribution is -0.144. The zero-order chi connectivity index (χ0) is 20.8. The second-order valence-corrected chi connectivity index (χ2v) is 6.98. The molecule has 0 amide bonds. The van der Waals surface area contributed by atoms with Crippen LogP contribution in [0.25, 0.3) is 0 Å². The summed E-state index contributed by atoms with van der Waals surface area (Å²) in [5.74, 6) is 0.678. The lowest BCUT2D eigenvalue weighted by atomic mass is 10.1. The van der Waals surface area contributed by atoms with Crippen LogP contribution in [0.2, 0.25) is 0 Å². The third-order valence-electron chi connectivity index (χ3n) is 4.39. The Hall–Kier alpha value is -2.29. The first-order valence-corrected chi connectivity index (χ1v) is 11.1. The molecule has 0 aromatic heterocycles. The summed E-state index contributed by atoms with van der Waals surface area (Å²) in [4.78, 5) is 11.7. The number of carbonyl (C=O) groups excluding carboxylic acids is 1. The number of ether oxygens (including phenoxy) is 2. The highest BCUT2D eigenvalue weighted by atomic mass is 16.6. The summed E-state index contributed by atoms with van der Waals surface area (Å²) < 4.78 is 10.7. The Morgan fingerprint density at radius 1 is 0.793 bits per heavy atom. The van der Waals surface area contributed by atoms with Gasteiger partial charge in [0, 0.05) is 6.42 Å². The third-order valence-corrected chi connectivity index (χ3v) is 4.39. The predicted octanol–water partition coefficient (Wildman–Crippen LogP) is 7.20. The molecular formula is C26H38O3. The second-order valence-electron chi connectivity index (χ2n) is 6.98. The van der Waals surface area contributed by atoms with E-state index in [-0.39, 0.29) is 5.97 Å². The fourth-order valence-corrected chi connectivity index (χ4v) is 2.79. The molecule has 0 aliphatic heterocycles. The maximum Gasteiger partial charge on any atom is 0.305 e. The molecule has 3 heteroatoms. The van der Waals surface area contributed by atoms with Gasteiger partial charge in [0.1, 0.15) is 19.0 Å². The number of carbonyl (C=O) groups is 1. The molecule has 0 saturated carbocycles. The zero-order valence-corrected chi connectivity index (χ0v) is 18.1. The molecule has 0 spiro atoms. The first kappa shape index (κ1) is 24.7. The molecular weight excluding hydrogens is 360 g/mol. The molecule has 1 rings (SSSR count). The molecule has 0 fully saturated rings. The summed E-state index contributed by atoms with van der Waals surface area (Å²) in [6.45, 7) is 2.86. The molecule has 0 aliphatic rings. The van der Waals surface area contributed by atoms with Crippen LogP contribution in [-0.4, -0.2) is 19.2 Å². The second kappa shape index (κ2) is 19.0. The van der Waals surface area contributed by atoms with Crippen molar-refractivity contribution in [1.82, 2.24) is 0 Å². The van der Waals surface area contributed by atoms with Crippen LogP contribution in [0, 0.1) is 0 Å². The summed E-state index contributed by atoms with van der Waals surface area (Å²) in [6.07, 6.45) is 23.8. The fraction of sp³-hybridized carbons (Fsp3) is 0.500. The van der Waals surface area contributed by atoms with E-state index < -0.39 is 0 Å². The van der Waals surface area contributed by atoms with Crippen LogP contribution in [0.15, 0.2) is 66.8 Å². The highest BCUT2D eigenvalue weighted by molar-refractivity contribution is 5.69. The maximum atomic E-state index is 11.7. The van der Waals surface area contributed by atoms with Gasteiger partial charge in [-0.3, -0.25) is 4.79 Å². The van der Waals surface area contributed by atoms with E-state index in [9.17, 15) is 4.79 Å². The van der Waals surface area contributed by atoms with E-state index in [1.54, 1.807) is 0 Å². The van der Waals surface area contributed by atoms with Crippen molar-refractivity contribution in [1.29, 1.82) is 0 Å². The number of hydrogen-bond donors (Lipinski definition) is 0. The molecule has 0 bridgehead atoms. The number of allylic oxidation sites excluding steroid dienone is 6. The average Bonchev–Trinajstić information content (AvgIpc) is 2.75. The van der Waals surface area contributed by atoms with E-state index in [1.807, 2.05) is 30.3 Å². The Morgan fingerprint density at radius 3 is 2.21 bits per heavy atom. The van der Waals surface area contributed by atoms with Crippen LogP contribution in [-0.2, 0) is 9.53 Å². The van der Waals surface area contributed by atoms with Gasteiger partial charge >= 0.3 is 5.97 Å². The predicted molar refractivity (Wildman–Crippen MR) is 122 cm³/mol. The van der Waals surface area contributed by atoms with Gasteiger partial charge in [0.15, 0.2) is 0 Å². The highest BCUT2D eigenvalue weighted by Crippen LogP contribution is 2.09. The SMILES string of the molecule is CC/C=C\C/C=C\C/C=C\CCCCCCCC(=O)OCCOc1ccccc1. The van der Waals surface area contributed by atoms with Gasteiger partial charge in [-0.25, -0.2) is 0 Å². The molecule has 1 aromatic carbocycles. The van der Waals surface area contributed by atoms with E-state index in [4.69, 9.17) is 9.47 Å². The third kappa shape index (κ3) is 16.4. The Labute approximate surface area is 177 Å². The van der Waals surface area contributed by atoms with Gasteiger partial charge in [-0.1, -0.05) is 80.8 Å². The van der Waals surface area contributed by atoms with Gasteiger partial charge in [-0.05, 0) is 50.7 Å². The zero-order valence-electron chi connectivity index (χ0n) is 18.1. The van der Waals surface area contributed by atoms with Crippen LogP contribution in [0.3, 0.4) is 0 Å². The van der Waals surface area contributed by atoms with Gasteiger partial charge in [0.25, 0.3) is 0 Å². The molecule has 1 aromatic rings. The van der Waals surface area contributed by atoms with Crippen molar-refractivity contribution in [2.75, 3.05) is 13.2 Å². The maximum absolute atomic E-state index is 11.7. The van der Waals surface area contributed by atoms with Gasteiger partial charge < -0.3 is 9.47 Å². The number of esters is 1. The number of unbranched alkanes of at least 4 members (excludes halogenated alkanes) is 5. The molecule has 0 radical (unpaired) electrons. The van der Waals surface area contributed by atoms with Crippen molar-refractivity contribution in [3.63, 3.8) is 0 Å². The molecule has 0 saturated heterocycles. The fourth-order valence-electron chi connectivity index (χ4n) is 2.79. The van der Waals surface area contributed by atoms with E-state index >= 15 is 0 Å². The number of benzene rings is 1. The van der Waals surface area contributed by atoms with Gasteiger partial charge in [0.05, 0.1) is 0 Å². The summed E-state index contributed by atoms with van der Waals surface area (Å²) in [5.41, 5.74) is 0. The topological polar surface area (TPSA) is 35.5 Å². The molecule has 0 aliphatic carbocycles. The first-order chi connectivity index (χ1) is 14.3. The Kier molecular flexibility index (Phi) is 16.3. The minimum Gasteiger partial charge on any atom is -0.490 e. The molecule has 3 nitrogen and oxygen atoms in total. The van der Waals surface area contributed by atoms with Crippen molar-refractivity contribution in [3.8, 4) is 5.75 Å². The van der Waals surface area contributed by atoms with Crippen molar-refractivity contribution in [2.45, 2.75) is 71.1 Å². The van der Waals surface area contributed by atoms with Crippen LogP contribution in [0.5, 0.6) is 5.75 Å². The molecule has 29 heavy (non-hydrogen) atoms. The molecule has 160 valence electrons. The summed E-state index contributed by atoms with van der Waals surface area (Å²) in [6, 6.07) is 9.56. The minimum atomic E-state index is -0.122. The molecule has 0 heterocycles. The number of rotatable bonds is 17. The van der Waals surface area contributed by atoms with Crippen molar-refractivity contribution in [3.05, 3.63) is 66.8 Å². The molecule has 0 N–H and O–H groups in total. The van der Waals surface area contributed by atoms with Gasteiger partial charge in [-0.2, -0.15) is 0 Å². The van der Waals surface area contributed by atoms with Crippen LogP contribution in [0.1, 0.15) is 71.1 Å². The normalized spacial score (nSPS) is 11.6. The van der Waals surface area contributed by atoms with Crippen molar-refractivity contribution in [2.24, 2.45) is 0 Å². The van der Waals surface area contributed by atoms with Crippen molar-refractivity contribution >= 4 is 5.97 Å². The highest BCUT2D eigenvalue weighted by Gasteiger charge is 2.02. The lowest BCUT2D eigenvalue weighted by Crippen LogP contribution is -2.11. The number of para-hydroxylation sites is 1. The van der Waals surface area contributed by atoms with Crippen LogP contribution in [0.4, 0.5) is 0 Å². The summed E-state index contributed by atoms with van der Waals surface area (Å²) in [7, 11) is 0.